The van der Waals surface area contributed by atoms with Crippen LogP contribution in [0.2, 0.25) is 0 Å². The Morgan fingerprint density at radius 2 is 1.79 bits per heavy atom. The van der Waals surface area contributed by atoms with Crippen LogP contribution in [0.25, 0.3) is 16.6 Å². The summed E-state index contributed by atoms with van der Waals surface area (Å²) in [7, 11) is 5.13. The molecular weight excluding hydrogens is 480 g/mol. The molecule has 1 aliphatic heterocycles. The fourth-order valence-corrected chi connectivity index (χ4v) is 4.93. The maximum absolute atomic E-state index is 7.75. The molecule has 0 saturated carbocycles. The van der Waals surface area contributed by atoms with Gasteiger partial charge in [0.2, 0.25) is 0 Å². The fraction of sp³-hybridized carbons (Fsp3) is 0.414. The van der Waals surface area contributed by atoms with Crippen molar-refractivity contribution in [2.45, 2.75) is 32.5 Å². The van der Waals surface area contributed by atoms with Gasteiger partial charge in [0.1, 0.15) is 11.5 Å². The van der Waals surface area contributed by atoms with E-state index < -0.39 is 0 Å². The van der Waals surface area contributed by atoms with Crippen molar-refractivity contribution in [2.24, 2.45) is 0 Å². The second kappa shape index (κ2) is 12.7. The number of allylic oxidation sites excluding steroid dienone is 1. The van der Waals surface area contributed by atoms with Crippen molar-refractivity contribution in [2.75, 3.05) is 52.3 Å². The monoisotopic (exact) mass is 518 g/mol. The number of benzene rings is 2. The first-order valence-electron chi connectivity index (χ1n) is 13.0. The van der Waals surface area contributed by atoms with E-state index in [0.29, 0.717) is 11.3 Å². The van der Waals surface area contributed by atoms with Crippen LogP contribution in [0.15, 0.2) is 48.8 Å². The van der Waals surface area contributed by atoms with Crippen molar-refractivity contribution < 1.29 is 14.2 Å². The lowest BCUT2D eigenvalue weighted by atomic mass is 10.1. The number of morpholine rings is 1. The van der Waals surface area contributed by atoms with Gasteiger partial charge in [0.05, 0.1) is 49.4 Å². The lowest BCUT2D eigenvalue weighted by molar-refractivity contribution is -0.0679. The summed E-state index contributed by atoms with van der Waals surface area (Å²) in [4.78, 5) is 14.2. The molecule has 2 heterocycles. The number of methoxy groups -OCH3 is 2. The van der Waals surface area contributed by atoms with Gasteiger partial charge in [0.15, 0.2) is 0 Å². The minimum atomic E-state index is 0.244. The third kappa shape index (κ3) is 6.59. The predicted octanol–water partition coefficient (Wildman–Crippen LogP) is 4.49. The van der Waals surface area contributed by atoms with Gasteiger partial charge in [-0.25, -0.2) is 4.98 Å². The highest BCUT2D eigenvalue weighted by Crippen LogP contribution is 2.34. The summed E-state index contributed by atoms with van der Waals surface area (Å²) >= 11 is 0. The summed E-state index contributed by atoms with van der Waals surface area (Å²) in [6, 6.07) is 12.0. The van der Waals surface area contributed by atoms with Crippen LogP contribution >= 0.6 is 0 Å². The summed E-state index contributed by atoms with van der Waals surface area (Å²) < 4.78 is 17.0. The topological polar surface area (TPSA) is 95.8 Å². The lowest BCUT2D eigenvalue weighted by Gasteiger charge is -2.36. The SMILES string of the molecule is CN/C=C(\C=N)c1cnc2ccc(N(CCCN3C[C@@H](C)O[C@@H](C)C3)c3cc(OC)cc(OC)c3)cc2n1. The van der Waals surface area contributed by atoms with Crippen LogP contribution in [0.4, 0.5) is 11.4 Å². The Kier molecular flexibility index (Phi) is 9.15. The van der Waals surface area contributed by atoms with Gasteiger partial charge in [-0.2, -0.15) is 0 Å². The molecule has 2 N–H and O–H groups in total. The number of hydrogen-bond acceptors (Lipinski definition) is 9. The van der Waals surface area contributed by atoms with Crippen LogP contribution in [0, 0.1) is 5.41 Å². The molecule has 0 unspecified atom stereocenters. The highest BCUT2D eigenvalue weighted by atomic mass is 16.5. The molecule has 2 atom stereocenters. The third-order valence-corrected chi connectivity index (χ3v) is 6.59. The van der Waals surface area contributed by atoms with Crippen molar-refractivity contribution >= 4 is 34.2 Å². The van der Waals surface area contributed by atoms with E-state index in [1.165, 1.54) is 6.21 Å². The minimum absolute atomic E-state index is 0.244. The predicted molar refractivity (Wildman–Crippen MR) is 153 cm³/mol. The molecule has 9 nitrogen and oxygen atoms in total. The third-order valence-electron chi connectivity index (χ3n) is 6.59. The summed E-state index contributed by atoms with van der Waals surface area (Å²) in [5.74, 6) is 1.46. The zero-order valence-corrected chi connectivity index (χ0v) is 22.9. The standard InChI is InChI=1S/C29H38N6O3/c1-20-18-34(19-21(2)38-20)9-6-10-35(24-11-25(36-4)14-26(12-24)37-5)23-7-8-27-28(13-23)33-29(17-32-27)22(15-30)16-31-3/h7-8,11-17,20-21,30-31H,6,9-10,18-19H2,1-5H3/b22-16+,30-15?/t20-,21+. The largest absolute Gasteiger partial charge is 0.497 e. The normalized spacial score (nSPS) is 18.3. The molecule has 1 fully saturated rings. The average Bonchev–Trinajstić information content (AvgIpc) is 2.92. The molecule has 9 heteroatoms. The van der Waals surface area contributed by atoms with Crippen LogP contribution in [0.3, 0.4) is 0 Å². The molecule has 4 rings (SSSR count). The number of nitrogens with zero attached hydrogens (tertiary/aromatic N) is 4. The molecule has 3 aromatic rings. The van der Waals surface area contributed by atoms with Gasteiger partial charge in [-0.3, -0.25) is 9.88 Å². The van der Waals surface area contributed by atoms with Crippen LogP contribution in [-0.4, -0.2) is 80.7 Å². The molecule has 202 valence electrons. The minimum Gasteiger partial charge on any atom is -0.497 e. The number of ether oxygens (including phenoxy) is 3. The van der Waals surface area contributed by atoms with E-state index >= 15 is 0 Å². The Morgan fingerprint density at radius 3 is 2.42 bits per heavy atom. The Bertz CT molecular complexity index is 1250. The molecule has 0 aliphatic carbocycles. The molecule has 1 aliphatic rings. The van der Waals surface area contributed by atoms with Crippen molar-refractivity contribution in [1.82, 2.24) is 20.2 Å². The quantitative estimate of drug-likeness (QED) is 0.359. The second-order valence-electron chi connectivity index (χ2n) is 9.55. The van der Waals surface area contributed by atoms with Crippen molar-refractivity contribution in [1.29, 1.82) is 5.41 Å². The number of fused-ring (bicyclic) bond motifs is 1. The molecule has 1 aromatic heterocycles. The zero-order valence-electron chi connectivity index (χ0n) is 22.9. The molecule has 1 saturated heterocycles. The molecular formula is C29H38N6O3. The second-order valence-corrected chi connectivity index (χ2v) is 9.55. The number of nitrogens with one attached hydrogen (secondary N) is 2. The first-order valence-corrected chi connectivity index (χ1v) is 13.0. The molecule has 0 bridgehead atoms. The van der Waals surface area contributed by atoms with E-state index in [9.17, 15) is 0 Å². The molecule has 38 heavy (non-hydrogen) atoms. The number of aromatic nitrogens is 2. The Morgan fingerprint density at radius 1 is 1.08 bits per heavy atom. The first-order chi connectivity index (χ1) is 18.4. The molecule has 0 amide bonds. The van der Waals surface area contributed by atoms with E-state index in [2.05, 4.69) is 46.1 Å². The van der Waals surface area contributed by atoms with E-state index in [4.69, 9.17) is 24.6 Å². The van der Waals surface area contributed by atoms with Crippen LogP contribution < -0.4 is 19.7 Å². The number of rotatable bonds is 11. The first kappa shape index (κ1) is 27.3. The summed E-state index contributed by atoms with van der Waals surface area (Å²) in [5, 5.41) is 10.7. The van der Waals surface area contributed by atoms with E-state index in [1.807, 2.05) is 24.3 Å². The van der Waals surface area contributed by atoms with Gasteiger partial charge in [-0.15, -0.1) is 0 Å². The van der Waals surface area contributed by atoms with Crippen LogP contribution in [-0.2, 0) is 4.74 Å². The van der Waals surface area contributed by atoms with Gasteiger partial charge in [-0.05, 0) is 38.5 Å². The summed E-state index contributed by atoms with van der Waals surface area (Å²) in [6.45, 7) is 7.93. The Labute approximate surface area is 224 Å². The fourth-order valence-electron chi connectivity index (χ4n) is 4.93. The Hall–Kier alpha value is -3.69. The van der Waals surface area contributed by atoms with Gasteiger partial charge in [-0.1, -0.05) is 0 Å². The van der Waals surface area contributed by atoms with Gasteiger partial charge < -0.3 is 29.8 Å². The van der Waals surface area contributed by atoms with E-state index in [1.54, 1.807) is 33.7 Å². The number of hydrogen-bond donors (Lipinski definition) is 2. The maximum atomic E-state index is 7.75. The van der Waals surface area contributed by atoms with E-state index in [0.717, 1.165) is 66.5 Å². The smallest absolute Gasteiger partial charge is 0.124 e. The highest BCUT2D eigenvalue weighted by Gasteiger charge is 2.22. The molecule has 2 aromatic carbocycles. The van der Waals surface area contributed by atoms with Crippen LogP contribution in [0.5, 0.6) is 11.5 Å². The molecule has 0 spiro atoms. The van der Waals surface area contributed by atoms with Crippen LogP contribution in [0.1, 0.15) is 26.0 Å². The maximum Gasteiger partial charge on any atom is 0.124 e. The summed E-state index contributed by atoms with van der Waals surface area (Å²) in [5.41, 5.74) is 4.84. The zero-order chi connectivity index (χ0) is 27.1. The number of anilines is 2. The average molecular weight is 519 g/mol. The summed E-state index contributed by atoms with van der Waals surface area (Å²) in [6.07, 6.45) is 6.17. The van der Waals surface area contributed by atoms with Crippen molar-refractivity contribution in [3.63, 3.8) is 0 Å². The Balaban J connectivity index is 1.68. The van der Waals surface area contributed by atoms with Crippen molar-refractivity contribution in [3.05, 3.63) is 54.5 Å². The van der Waals surface area contributed by atoms with Crippen molar-refractivity contribution in [3.8, 4) is 11.5 Å². The lowest BCUT2D eigenvalue weighted by Crippen LogP contribution is -2.46. The van der Waals surface area contributed by atoms with E-state index in [-0.39, 0.29) is 12.2 Å². The van der Waals surface area contributed by atoms with Gasteiger partial charge in [0.25, 0.3) is 0 Å². The van der Waals surface area contributed by atoms with Gasteiger partial charge >= 0.3 is 0 Å². The van der Waals surface area contributed by atoms with Gasteiger partial charge in [0, 0.05) is 80.8 Å². The molecule has 0 radical (unpaired) electrons. The highest BCUT2D eigenvalue weighted by molar-refractivity contribution is 6.07.